The Morgan fingerprint density at radius 2 is 1.14 bits per heavy atom. The second kappa shape index (κ2) is 21.8. The minimum absolute atomic E-state index is 0.0908. The molecule has 0 bridgehead atoms. The molecular formula is C39H56ClNO3. The summed E-state index contributed by atoms with van der Waals surface area (Å²) in [6.07, 6.45) is 20.4. The fraction of sp³-hybridized carbons (Fsp3) is 0.513. The van der Waals surface area contributed by atoms with Gasteiger partial charge in [-0.25, -0.2) is 4.79 Å². The van der Waals surface area contributed by atoms with Gasteiger partial charge in [0, 0.05) is 5.56 Å². The lowest BCUT2D eigenvalue weighted by molar-refractivity contribution is -0.903. The largest absolute Gasteiger partial charge is 0.872 e. The summed E-state index contributed by atoms with van der Waals surface area (Å²) in [6, 6.07) is 22.8. The highest BCUT2D eigenvalue weighted by atomic mass is 35.5. The molecule has 0 fully saturated rings. The molecule has 242 valence electrons. The lowest BCUT2D eigenvalue weighted by Gasteiger charge is -2.30. The number of nitrogens with zero attached hydrogens (tertiary/aromatic N) is 1. The van der Waals surface area contributed by atoms with Gasteiger partial charge in [-0.15, -0.1) is 5.75 Å². The maximum absolute atomic E-state index is 11.8. The zero-order valence-electron chi connectivity index (χ0n) is 27.5. The third-order valence-corrected chi connectivity index (χ3v) is 8.54. The molecule has 3 aromatic rings. The number of benzene rings is 3. The molecule has 0 saturated heterocycles. The first kappa shape index (κ1) is 37.4. The number of aromatic carboxylic acids is 1. The molecule has 0 atom stereocenters. The highest BCUT2D eigenvalue weighted by Crippen LogP contribution is 2.28. The van der Waals surface area contributed by atoms with E-state index in [0.717, 1.165) is 16.6 Å². The van der Waals surface area contributed by atoms with Crippen LogP contribution in [0.3, 0.4) is 0 Å². The summed E-state index contributed by atoms with van der Waals surface area (Å²) in [5.74, 6) is -1.48. The molecule has 0 heterocycles. The monoisotopic (exact) mass is 621 g/mol. The predicted molar refractivity (Wildman–Crippen MR) is 185 cm³/mol. The molecule has 0 unspecified atom stereocenters. The zero-order chi connectivity index (χ0) is 32.0. The first-order valence-corrected chi connectivity index (χ1v) is 17.2. The van der Waals surface area contributed by atoms with Crippen molar-refractivity contribution in [2.75, 3.05) is 20.6 Å². The van der Waals surface area contributed by atoms with Crippen LogP contribution in [0.25, 0.3) is 0 Å². The van der Waals surface area contributed by atoms with E-state index in [1.54, 1.807) is 0 Å². The van der Waals surface area contributed by atoms with Gasteiger partial charge in [-0.3, -0.25) is 0 Å². The van der Waals surface area contributed by atoms with E-state index in [0.29, 0.717) is 0 Å². The number of halogens is 1. The van der Waals surface area contributed by atoms with Crippen LogP contribution in [0.5, 0.6) is 5.75 Å². The van der Waals surface area contributed by atoms with Gasteiger partial charge in [0.1, 0.15) is 6.54 Å². The molecule has 0 aromatic heterocycles. The average molecular weight is 622 g/mol. The van der Waals surface area contributed by atoms with Gasteiger partial charge < -0.3 is 14.7 Å². The fourth-order valence-electron chi connectivity index (χ4n) is 5.70. The van der Waals surface area contributed by atoms with E-state index < -0.39 is 5.97 Å². The Balaban J connectivity index is 0.000000326. The third-order valence-electron chi connectivity index (χ3n) is 8.23. The van der Waals surface area contributed by atoms with E-state index in [-0.39, 0.29) is 28.3 Å². The van der Waals surface area contributed by atoms with E-state index >= 15 is 0 Å². The van der Waals surface area contributed by atoms with Gasteiger partial charge in [0.15, 0.2) is 0 Å². The van der Waals surface area contributed by atoms with Crippen molar-refractivity contribution >= 4 is 17.6 Å². The number of carbonyl (C=O) groups is 1. The summed E-state index contributed by atoms with van der Waals surface area (Å²) in [4.78, 5) is 11.2. The number of rotatable bonds is 20. The van der Waals surface area contributed by atoms with Gasteiger partial charge in [0.25, 0.3) is 0 Å². The van der Waals surface area contributed by atoms with Gasteiger partial charge in [-0.2, -0.15) is 0 Å². The molecule has 0 aliphatic heterocycles. The molecule has 0 aliphatic rings. The summed E-state index contributed by atoms with van der Waals surface area (Å²) in [6.45, 7) is 4.75. The average Bonchev–Trinajstić information content (AvgIpc) is 3.00. The summed E-state index contributed by atoms with van der Waals surface area (Å²) in [5, 5.41) is 21.0. The molecule has 0 saturated carbocycles. The van der Waals surface area contributed by atoms with Gasteiger partial charge in [0.05, 0.1) is 31.2 Å². The fourth-order valence-corrected chi connectivity index (χ4v) is 5.96. The van der Waals surface area contributed by atoms with Crippen LogP contribution in [0, 0.1) is 0 Å². The maximum atomic E-state index is 11.8. The first-order valence-electron chi connectivity index (χ1n) is 16.8. The normalized spacial score (nSPS) is 11.2. The van der Waals surface area contributed by atoms with Crippen LogP contribution in [0.2, 0.25) is 5.02 Å². The highest BCUT2D eigenvalue weighted by Gasteiger charge is 2.16. The lowest BCUT2D eigenvalue weighted by Crippen LogP contribution is -2.39. The van der Waals surface area contributed by atoms with Gasteiger partial charge in [-0.05, 0) is 36.5 Å². The number of hydrogen-bond acceptors (Lipinski definition) is 2. The van der Waals surface area contributed by atoms with E-state index in [4.69, 9.17) is 16.7 Å². The van der Waals surface area contributed by atoms with Crippen molar-refractivity contribution in [3.05, 3.63) is 100 Å². The van der Waals surface area contributed by atoms with Crippen molar-refractivity contribution in [3.8, 4) is 5.75 Å². The van der Waals surface area contributed by atoms with Crippen molar-refractivity contribution in [1.29, 1.82) is 0 Å². The molecule has 1 N–H and O–H groups in total. The number of carboxylic acid groups (broad SMARTS) is 1. The van der Waals surface area contributed by atoms with Crippen LogP contribution >= 0.6 is 11.6 Å². The number of unbranched alkanes of at least 4 members (excludes halogenated alkanes) is 13. The summed E-state index contributed by atoms with van der Waals surface area (Å²) in [5.41, 5.74) is 2.46. The minimum atomic E-state index is -1.18. The predicted octanol–water partition coefficient (Wildman–Crippen LogP) is 10.4. The third kappa shape index (κ3) is 15.8. The van der Waals surface area contributed by atoms with Crippen molar-refractivity contribution < 1.29 is 19.5 Å². The van der Waals surface area contributed by atoms with Crippen molar-refractivity contribution in [2.45, 2.75) is 110 Å². The van der Waals surface area contributed by atoms with E-state index in [1.807, 2.05) is 30.3 Å². The van der Waals surface area contributed by atoms with Crippen LogP contribution in [-0.2, 0) is 13.0 Å². The van der Waals surface area contributed by atoms with Crippen molar-refractivity contribution in [1.82, 2.24) is 0 Å². The van der Waals surface area contributed by atoms with Gasteiger partial charge >= 0.3 is 5.97 Å². The van der Waals surface area contributed by atoms with Crippen molar-refractivity contribution in [3.63, 3.8) is 0 Å². The molecule has 3 rings (SSSR count). The quantitative estimate of drug-likeness (QED) is 0.101. The molecule has 3 aromatic carbocycles. The second-order valence-corrected chi connectivity index (χ2v) is 13.2. The maximum Gasteiger partial charge on any atom is 0.337 e. The van der Waals surface area contributed by atoms with Gasteiger partial charge in [0.2, 0.25) is 0 Å². The summed E-state index contributed by atoms with van der Waals surface area (Å²) in [7, 11) is 4.74. The Kier molecular flexibility index (Phi) is 18.5. The Morgan fingerprint density at radius 3 is 1.61 bits per heavy atom. The molecule has 5 heteroatoms. The Hall–Kier alpha value is -2.82. The molecule has 0 spiro atoms. The molecule has 0 aliphatic carbocycles. The summed E-state index contributed by atoms with van der Waals surface area (Å²) >= 11 is 5.84. The van der Waals surface area contributed by atoms with E-state index in [1.165, 1.54) is 114 Å². The van der Waals surface area contributed by atoms with Crippen LogP contribution in [0.15, 0.2) is 72.8 Å². The van der Waals surface area contributed by atoms with Crippen LogP contribution in [-0.4, -0.2) is 36.2 Å². The Morgan fingerprint density at radius 1 is 0.682 bits per heavy atom. The molecule has 0 radical (unpaired) electrons. The standard InChI is InChI=1S/C25H46N.C14H11ClO3/c1-4-5-6-7-8-9-10-11-12-13-14-15-16-20-23-26(2,3)24-25-21-18-17-19-22-25;15-11-6-7-12(16)10(13(11)14(17)18)8-9-4-2-1-3-5-9/h17-19,21-22H,4-16,20,23-24H2,1-3H3;1-7,16H,8H2,(H,17,18)/q+1;/p-1. The number of quaternary nitrogens is 1. The van der Waals surface area contributed by atoms with Crippen LogP contribution in [0.1, 0.15) is 124 Å². The Labute approximate surface area is 272 Å². The number of hydrogen-bond donors (Lipinski definition) is 1. The first-order chi connectivity index (χ1) is 21.2. The SMILES string of the molecule is CCCCCCCCCCCCCCCC[N+](C)(C)Cc1ccccc1.O=C(O)c1c(Cl)ccc([O-])c1Cc1ccccc1. The van der Waals surface area contributed by atoms with Crippen LogP contribution in [0.4, 0.5) is 0 Å². The second-order valence-electron chi connectivity index (χ2n) is 12.8. The molecule has 4 nitrogen and oxygen atoms in total. The lowest BCUT2D eigenvalue weighted by atomic mass is 9.98. The topological polar surface area (TPSA) is 60.4 Å². The summed E-state index contributed by atoms with van der Waals surface area (Å²) < 4.78 is 1.11. The zero-order valence-corrected chi connectivity index (χ0v) is 28.3. The molecule has 44 heavy (non-hydrogen) atoms. The van der Waals surface area contributed by atoms with E-state index in [2.05, 4.69) is 51.4 Å². The smallest absolute Gasteiger partial charge is 0.337 e. The van der Waals surface area contributed by atoms with Crippen LogP contribution < -0.4 is 5.11 Å². The van der Waals surface area contributed by atoms with Gasteiger partial charge in [-0.1, -0.05) is 162 Å². The minimum Gasteiger partial charge on any atom is -0.872 e. The Bertz CT molecular complexity index is 1180. The highest BCUT2D eigenvalue weighted by molar-refractivity contribution is 6.33. The molecule has 0 amide bonds. The van der Waals surface area contributed by atoms with E-state index in [9.17, 15) is 9.90 Å². The number of carboxylic acids is 1. The molecular weight excluding hydrogens is 566 g/mol. The van der Waals surface area contributed by atoms with Crippen molar-refractivity contribution in [2.24, 2.45) is 0 Å².